The molecular formula is C14H18F3N3O. The van der Waals surface area contributed by atoms with E-state index in [-0.39, 0.29) is 23.2 Å². The third-order valence-electron chi connectivity index (χ3n) is 3.31. The molecule has 1 aromatic carbocycles. The van der Waals surface area contributed by atoms with E-state index >= 15 is 0 Å². The van der Waals surface area contributed by atoms with Crippen LogP contribution in [0, 0.1) is 0 Å². The summed E-state index contributed by atoms with van der Waals surface area (Å²) in [6, 6.07) is 4.28. The van der Waals surface area contributed by atoms with E-state index in [9.17, 15) is 18.0 Å². The summed E-state index contributed by atoms with van der Waals surface area (Å²) in [4.78, 5) is 14.8. The van der Waals surface area contributed by atoms with Crippen molar-refractivity contribution in [3.63, 3.8) is 0 Å². The third-order valence-corrected chi connectivity index (χ3v) is 3.31. The van der Waals surface area contributed by atoms with Crippen molar-refractivity contribution in [1.29, 1.82) is 0 Å². The minimum absolute atomic E-state index is 0.179. The number of benzene rings is 1. The predicted octanol–water partition coefficient (Wildman–Crippen LogP) is 2.50. The highest BCUT2D eigenvalue weighted by Gasteiger charge is 2.39. The SMILES string of the molecule is CN(C)C(=O)c1ccc(N)cc1N(CC(F)(F)F)C1CC1. The summed E-state index contributed by atoms with van der Waals surface area (Å²) in [6.45, 7) is -1.07. The largest absolute Gasteiger partial charge is 0.405 e. The Morgan fingerprint density at radius 2 is 1.95 bits per heavy atom. The van der Waals surface area contributed by atoms with Gasteiger partial charge in [-0.05, 0) is 31.0 Å². The summed E-state index contributed by atoms with van der Waals surface area (Å²) in [5, 5.41) is 0. The minimum atomic E-state index is -4.33. The van der Waals surface area contributed by atoms with Crippen LogP contribution < -0.4 is 10.6 Å². The van der Waals surface area contributed by atoms with E-state index in [1.165, 1.54) is 28.0 Å². The monoisotopic (exact) mass is 301 g/mol. The van der Waals surface area contributed by atoms with Crippen LogP contribution >= 0.6 is 0 Å². The number of nitrogen functional groups attached to an aromatic ring is 1. The van der Waals surface area contributed by atoms with Crippen molar-refractivity contribution >= 4 is 17.3 Å². The van der Waals surface area contributed by atoms with E-state index in [4.69, 9.17) is 5.73 Å². The van der Waals surface area contributed by atoms with E-state index in [1.54, 1.807) is 14.1 Å². The fourth-order valence-corrected chi connectivity index (χ4v) is 2.20. The van der Waals surface area contributed by atoms with E-state index in [0.29, 0.717) is 18.5 Å². The number of amides is 1. The van der Waals surface area contributed by atoms with Crippen LogP contribution in [0.25, 0.3) is 0 Å². The van der Waals surface area contributed by atoms with Crippen molar-refractivity contribution in [3.8, 4) is 0 Å². The Morgan fingerprint density at radius 1 is 1.33 bits per heavy atom. The molecule has 0 unspecified atom stereocenters. The van der Waals surface area contributed by atoms with Crippen LogP contribution in [0.2, 0.25) is 0 Å². The molecule has 1 aliphatic carbocycles. The molecule has 0 radical (unpaired) electrons. The lowest BCUT2D eigenvalue weighted by Gasteiger charge is -2.28. The van der Waals surface area contributed by atoms with Crippen LogP contribution in [-0.2, 0) is 0 Å². The molecule has 0 aliphatic heterocycles. The lowest BCUT2D eigenvalue weighted by molar-refractivity contribution is -0.120. The second-order valence-corrected chi connectivity index (χ2v) is 5.45. The molecule has 1 aromatic rings. The number of rotatable bonds is 4. The molecule has 116 valence electrons. The Morgan fingerprint density at radius 3 is 2.43 bits per heavy atom. The number of hydrogen-bond donors (Lipinski definition) is 1. The zero-order valence-electron chi connectivity index (χ0n) is 11.9. The first-order valence-corrected chi connectivity index (χ1v) is 6.63. The van der Waals surface area contributed by atoms with Gasteiger partial charge in [-0.3, -0.25) is 4.79 Å². The number of nitrogens with two attached hydrogens (primary N) is 1. The first-order valence-electron chi connectivity index (χ1n) is 6.63. The molecule has 21 heavy (non-hydrogen) atoms. The molecule has 7 heteroatoms. The van der Waals surface area contributed by atoms with Crippen molar-refractivity contribution in [1.82, 2.24) is 4.90 Å². The van der Waals surface area contributed by atoms with Crippen molar-refractivity contribution in [2.45, 2.75) is 25.1 Å². The number of nitrogens with zero attached hydrogens (tertiary/aromatic N) is 2. The molecule has 4 nitrogen and oxygen atoms in total. The molecule has 2 rings (SSSR count). The molecule has 0 heterocycles. The highest BCUT2D eigenvalue weighted by Crippen LogP contribution is 2.37. The van der Waals surface area contributed by atoms with Gasteiger partial charge in [0.25, 0.3) is 5.91 Å². The Bertz CT molecular complexity index is 539. The van der Waals surface area contributed by atoms with E-state index in [2.05, 4.69) is 0 Å². The molecule has 1 amide bonds. The van der Waals surface area contributed by atoms with Gasteiger partial charge in [0.2, 0.25) is 0 Å². The summed E-state index contributed by atoms with van der Waals surface area (Å²) < 4.78 is 38.4. The first kappa shape index (κ1) is 15.5. The third kappa shape index (κ3) is 3.80. The van der Waals surface area contributed by atoms with Gasteiger partial charge in [-0.2, -0.15) is 13.2 Å². The molecule has 0 bridgehead atoms. The Kier molecular flexibility index (Phi) is 4.02. The summed E-state index contributed by atoms with van der Waals surface area (Å²) in [5.74, 6) is -0.335. The smallest absolute Gasteiger partial charge is 0.399 e. The molecule has 0 saturated heterocycles. The van der Waals surface area contributed by atoms with Gasteiger partial charge in [0.15, 0.2) is 0 Å². The van der Waals surface area contributed by atoms with Gasteiger partial charge in [0.05, 0.1) is 11.3 Å². The number of hydrogen-bond acceptors (Lipinski definition) is 3. The molecule has 1 saturated carbocycles. The van der Waals surface area contributed by atoms with Gasteiger partial charge in [0, 0.05) is 25.8 Å². The molecule has 0 atom stereocenters. The fourth-order valence-electron chi connectivity index (χ4n) is 2.20. The Hall–Kier alpha value is -1.92. The molecule has 0 spiro atoms. The van der Waals surface area contributed by atoms with Crippen molar-refractivity contribution in [2.24, 2.45) is 0 Å². The molecule has 1 fully saturated rings. The summed E-state index contributed by atoms with van der Waals surface area (Å²) in [5.41, 5.74) is 6.53. The molecule has 1 aliphatic rings. The van der Waals surface area contributed by atoms with Crippen LogP contribution in [-0.4, -0.2) is 43.7 Å². The maximum absolute atomic E-state index is 12.8. The molecular weight excluding hydrogens is 283 g/mol. The van der Waals surface area contributed by atoms with Crippen LogP contribution in [0.15, 0.2) is 18.2 Å². The second kappa shape index (κ2) is 5.46. The maximum atomic E-state index is 12.8. The van der Waals surface area contributed by atoms with E-state index in [1.807, 2.05) is 0 Å². The standard InChI is InChI=1S/C14H18F3N3O/c1-19(2)13(21)11-6-3-9(18)7-12(11)20(10-4-5-10)8-14(15,16)17/h3,6-7,10H,4-5,8,18H2,1-2H3. The number of carbonyl (C=O) groups excluding carboxylic acids is 1. The fraction of sp³-hybridized carbons (Fsp3) is 0.500. The zero-order valence-corrected chi connectivity index (χ0v) is 11.9. The molecule has 2 N–H and O–H groups in total. The summed E-state index contributed by atoms with van der Waals surface area (Å²) in [6.07, 6.45) is -2.94. The van der Waals surface area contributed by atoms with Crippen molar-refractivity contribution in [3.05, 3.63) is 23.8 Å². The highest BCUT2D eigenvalue weighted by molar-refractivity contribution is 6.00. The lowest BCUT2D eigenvalue weighted by atomic mass is 10.1. The Balaban J connectivity index is 2.43. The highest BCUT2D eigenvalue weighted by atomic mass is 19.4. The Labute approximate surface area is 121 Å². The average Bonchev–Trinajstić information content (AvgIpc) is 3.18. The van der Waals surface area contributed by atoms with E-state index < -0.39 is 12.7 Å². The summed E-state index contributed by atoms with van der Waals surface area (Å²) in [7, 11) is 3.13. The number of anilines is 2. The van der Waals surface area contributed by atoms with Crippen LogP contribution in [0.1, 0.15) is 23.2 Å². The van der Waals surface area contributed by atoms with Crippen LogP contribution in [0.4, 0.5) is 24.5 Å². The first-order chi connectivity index (χ1) is 9.69. The van der Waals surface area contributed by atoms with Gasteiger partial charge in [0.1, 0.15) is 6.54 Å². The number of alkyl halides is 3. The topological polar surface area (TPSA) is 49.6 Å². The normalized spacial score (nSPS) is 14.9. The quantitative estimate of drug-likeness (QED) is 0.869. The van der Waals surface area contributed by atoms with Gasteiger partial charge in [-0.1, -0.05) is 0 Å². The van der Waals surface area contributed by atoms with Crippen molar-refractivity contribution < 1.29 is 18.0 Å². The number of carbonyl (C=O) groups is 1. The maximum Gasteiger partial charge on any atom is 0.405 e. The van der Waals surface area contributed by atoms with Gasteiger partial charge in [-0.25, -0.2) is 0 Å². The van der Waals surface area contributed by atoms with Gasteiger partial charge < -0.3 is 15.5 Å². The average molecular weight is 301 g/mol. The minimum Gasteiger partial charge on any atom is -0.399 e. The van der Waals surface area contributed by atoms with Gasteiger partial charge >= 0.3 is 6.18 Å². The number of halogens is 3. The summed E-state index contributed by atoms with van der Waals surface area (Å²) >= 11 is 0. The van der Waals surface area contributed by atoms with Gasteiger partial charge in [-0.15, -0.1) is 0 Å². The lowest BCUT2D eigenvalue weighted by Crippen LogP contribution is -2.37. The second-order valence-electron chi connectivity index (χ2n) is 5.45. The van der Waals surface area contributed by atoms with Crippen LogP contribution in [0.3, 0.4) is 0 Å². The molecule has 0 aromatic heterocycles. The zero-order chi connectivity index (χ0) is 15.8. The van der Waals surface area contributed by atoms with E-state index in [0.717, 1.165) is 0 Å². The predicted molar refractivity (Wildman–Crippen MR) is 75.3 cm³/mol. The van der Waals surface area contributed by atoms with Crippen molar-refractivity contribution in [2.75, 3.05) is 31.3 Å². The van der Waals surface area contributed by atoms with Crippen LogP contribution in [0.5, 0.6) is 0 Å².